The number of benzene rings is 2. The summed E-state index contributed by atoms with van der Waals surface area (Å²) >= 11 is 11.0. The Morgan fingerprint density at radius 2 is 2.07 bits per heavy atom. The van der Waals surface area contributed by atoms with Crippen LogP contribution in [0.25, 0.3) is 6.08 Å². The Morgan fingerprint density at radius 1 is 1.30 bits per heavy atom. The number of hydrogen-bond donors (Lipinski definition) is 1. The Morgan fingerprint density at radius 3 is 2.78 bits per heavy atom. The predicted octanol–water partition coefficient (Wildman–Crippen LogP) is 6.09. The number of halogens is 2. The van der Waals surface area contributed by atoms with Crippen molar-refractivity contribution >= 4 is 62.1 Å². The van der Waals surface area contributed by atoms with Crippen molar-refractivity contribution in [2.45, 2.75) is 26.9 Å². The first-order valence-corrected chi connectivity index (χ1v) is 10.3. The van der Waals surface area contributed by atoms with Gasteiger partial charge in [-0.2, -0.15) is 0 Å². The zero-order valence-corrected chi connectivity index (χ0v) is 18.2. The van der Waals surface area contributed by atoms with Gasteiger partial charge < -0.3 is 10.1 Å². The standard InChI is InChI=1S/C20H18BrClN2O2S/c1-11(2)26-17-8-7-13(9-14(17)21)10-18-19(25)24-20(27-18)23-16-6-4-5-15(22)12(16)3/h4-11H,1-3H3,(H,23,24,25)/b18-10+. The van der Waals surface area contributed by atoms with Gasteiger partial charge in [-0.1, -0.05) is 23.7 Å². The van der Waals surface area contributed by atoms with Crippen molar-refractivity contribution in [1.29, 1.82) is 0 Å². The SMILES string of the molecule is Cc1c(Cl)cccc1N=C1NC(=O)/C(=C\c2ccc(OC(C)C)c(Br)c2)S1. The molecule has 0 bridgehead atoms. The molecule has 7 heteroatoms. The maximum atomic E-state index is 12.3. The fraction of sp³-hybridized carbons (Fsp3) is 0.200. The number of hydrogen-bond acceptors (Lipinski definition) is 4. The molecule has 0 radical (unpaired) electrons. The Labute approximate surface area is 176 Å². The summed E-state index contributed by atoms with van der Waals surface area (Å²) in [6.07, 6.45) is 1.92. The van der Waals surface area contributed by atoms with Gasteiger partial charge in [0.15, 0.2) is 5.17 Å². The third kappa shape index (κ3) is 4.94. The molecule has 4 nitrogen and oxygen atoms in total. The zero-order chi connectivity index (χ0) is 19.6. The first kappa shape index (κ1) is 20.0. The largest absolute Gasteiger partial charge is 0.490 e. The minimum absolute atomic E-state index is 0.0930. The van der Waals surface area contributed by atoms with Crippen molar-refractivity contribution in [1.82, 2.24) is 5.32 Å². The Kier molecular flexibility index (Phi) is 6.29. The van der Waals surface area contributed by atoms with E-state index in [1.165, 1.54) is 11.8 Å². The number of rotatable bonds is 4. The van der Waals surface area contributed by atoms with Gasteiger partial charge in [0.2, 0.25) is 0 Å². The lowest BCUT2D eigenvalue weighted by molar-refractivity contribution is -0.115. The summed E-state index contributed by atoms with van der Waals surface area (Å²) in [7, 11) is 0. The van der Waals surface area contributed by atoms with E-state index in [0.29, 0.717) is 15.1 Å². The van der Waals surface area contributed by atoms with Crippen molar-refractivity contribution in [3.8, 4) is 5.75 Å². The van der Waals surface area contributed by atoms with Crippen LogP contribution in [0.5, 0.6) is 5.75 Å². The first-order valence-electron chi connectivity index (χ1n) is 8.34. The molecule has 140 valence electrons. The van der Waals surface area contributed by atoms with E-state index in [4.69, 9.17) is 16.3 Å². The van der Waals surface area contributed by atoms with Crippen LogP contribution in [0.1, 0.15) is 25.0 Å². The normalized spacial score (nSPS) is 17.0. The van der Waals surface area contributed by atoms with Gasteiger partial charge in [-0.15, -0.1) is 0 Å². The van der Waals surface area contributed by atoms with Gasteiger partial charge >= 0.3 is 0 Å². The van der Waals surface area contributed by atoms with Gasteiger partial charge in [0.05, 0.1) is 21.2 Å². The molecule has 0 unspecified atom stereocenters. The summed E-state index contributed by atoms with van der Waals surface area (Å²) < 4.78 is 6.56. The summed E-state index contributed by atoms with van der Waals surface area (Å²) in [4.78, 5) is 17.4. The maximum absolute atomic E-state index is 12.3. The van der Waals surface area contributed by atoms with E-state index in [-0.39, 0.29) is 12.0 Å². The van der Waals surface area contributed by atoms with Gasteiger partial charge in [-0.3, -0.25) is 4.79 Å². The lowest BCUT2D eigenvalue weighted by Gasteiger charge is -2.11. The molecule has 1 aliphatic heterocycles. The maximum Gasteiger partial charge on any atom is 0.264 e. The molecule has 1 amide bonds. The minimum Gasteiger partial charge on any atom is -0.490 e. The number of aliphatic imine (C=N–C) groups is 1. The van der Waals surface area contributed by atoms with Gasteiger partial charge in [0.25, 0.3) is 5.91 Å². The van der Waals surface area contributed by atoms with E-state index >= 15 is 0 Å². The topological polar surface area (TPSA) is 50.7 Å². The van der Waals surface area contributed by atoms with Gasteiger partial charge in [-0.05, 0) is 89.9 Å². The molecule has 1 saturated heterocycles. The Bertz CT molecular complexity index is 957. The van der Waals surface area contributed by atoms with Crippen LogP contribution in [0.15, 0.2) is 50.8 Å². The highest BCUT2D eigenvalue weighted by Crippen LogP contribution is 2.33. The van der Waals surface area contributed by atoms with Crippen LogP contribution >= 0.6 is 39.3 Å². The minimum atomic E-state index is -0.169. The number of amidine groups is 1. The van der Waals surface area contributed by atoms with Crippen molar-refractivity contribution in [2.75, 3.05) is 0 Å². The molecule has 3 rings (SSSR count). The Hall–Kier alpha value is -1.76. The van der Waals surface area contributed by atoms with E-state index in [0.717, 1.165) is 27.0 Å². The second-order valence-electron chi connectivity index (χ2n) is 6.22. The van der Waals surface area contributed by atoms with E-state index in [1.807, 2.05) is 63.2 Å². The molecule has 0 atom stereocenters. The molecule has 0 saturated carbocycles. The van der Waals surface area contributed by atoms with E-state index in [9.17, 15) is 4.79 Å². The number of nitrogens with zero attached hydrogens (tertiary/aromatic N) is 1. The van der Waals surface area contributed by atoms with Crippen LogP contribution in [0.3, 0.4) is 0 Å². The lowest BCUT2D eigenvalue weighted by atomic mass is 10.2. The zero-order valence-electron chi connectivity index (χ0n) is 15.0. The van der Waals surface area contributed by atoms with Crippen molar-refractivity contribution in [3.05, 3.63) is 61.9 Å². The van der Waals surface area contributed by atoms with Crippen molar-refractivity contribution in [2.24, 2.45) is 4.99 Å². The number of thioether (sulfide) groups is 1. The average molecular weight is 466 g/mol. The third-order valence-electron chi connectivity index (χ3n) is 3.73. The molecule has 0 aromatic heterocycles. The highest BCUT2D eigenvalue weighted by Gasteiger charge is 2.24. The molecule has 0 aliphatic carbocycles. The van der Waals surface area contributed by atoms with Crippen LogP contribution in [0.4, 0.5) is 5.69 Å². The van der Waals surface area contributed by atoms with E-state index in [2.05, 4.69) is 26.2 Å². The van der Waals surface area contributed by atoms with E-state index < -0.39 is 0 Å². The van der Waals surface area contributed by atoms with Gasteiger partial charge in [0.1, 0.15) is 5.75 Å². The van der Waals surface area contributed by atoms with Crippen LogP contribution in [0, 0.1) is 6.92 Å². The smallest absolute Gasteiger partial charge is 0.264 e. The lowest BCUT2D eigenvalue weighted by Crippen LogP contribution is -2.19. The average Bonchev–Trinajstić information content (AvgIpc) is 2.93. The molecule has 1 heterocycles. The van der Waals surface area contributed by atoms with Gasteiger partial charge in [-0.25, -0.2) is 4.99 Å². The second-order valence-corrected chi connectivity index (χ2v) is 8.51. The fourth-order valence-corrected chi connectivity index (χ4v) is 3.91. The third-order valence-corrected chi connectivity index (χ3v) is 5.67. The molecule has 1 fully saturated rings. The summed E-state index contributed by atoms with van der Waals surface area (Å²) in [6.45, 7) is 5.85. The summed E-state index contributed by atoms with van der Waals surface area (Å²) in [5, 5.41) is 3.98. The molecule has 1 N–H and O–H groups in total. The first-order chi connectivity index (χ1) is 12.8. The van der Waals surface area contributed by atoms with Gasteiger partial charge in [0, 0.05) is 5.02 Å². The summed E-state index contributed by atoms with van der Waals surface area (Å²) in [5.74, 6) is 0.603. The molecular weight excluding hydrogens is 448 g/mol. The van der Waals surface area contributed by atoms with Crippen LogP contribution in [-0.2, 0) is 4.79 Å². The number of carbonyl (C=O) groups excluding carboxylic acids is 1. The van der Waals surface area contributed by atoms with Crippen LogP contribution < -0.4 is 10.1 Å². The number of ether oxygens (including phenoxy) is 1. The van der Waals surface area contributed by atoms with Crippen LogP contribution in [0.2, 0.25) is 5.02 Å². The molecular formula is C20H18BrClN2O2S. The quantitative estimate of drug-likeness (QED) is 0.556. The van der Waals surface area contributed by atoms with E-state index in [1.54, 1.807) is 0 Å². The number of nitrogens with one attached hydrogen (secondary N) is 1. The molecule has 1 aliphatic rings. The second kappa shape index (κ2) is 8.50. The highest BCUT2D eigenvalue weighted by molar-refractivity contribution is 9.10. The molecule has 27 heavy (non-hydrogen) atoms. The fourth-order valence-electron chi connectivity index (χ4n) is 2.41. The van der Waals surface area contributed by atoms with Crippen LogP contribution in [-0.4, -0.2) is 17.2 Å². The number of amides is 1. The predicted molar refractivity (Wildman–Crippen MR) is 117 cm³/mol. The summed E-state index contributed by atoms with van der Waals surface area (Å²) in [6, 6.07) is 11.3. The monoisotopic (exact) mass is 464 g/mol. The molecule has 2 aromatic carbocycles. The Balaban J connectivity index is 1.82. The molecule has 2 aromatic rings. The molecule has 0 spiro atoms. The summed E-state index contributed by atoms with van der Waals surface area (Å²) in [5.41, 5.74) is 2.52. The van der Waals surface area contributed by atoms with Crippen molar-refractivity contribution < 1.29 is 9.53 Å². The van der Waals surface area contributed by atoms with Crippen molar-refractivity contribution in [3.63, 3.8) is 0 Å². The highest BCUT2D eigenvalue weighted by atomic mass is 79.9. The number of carbonyl (C=O) groups is 1.